The molecule has 3 aromatic rings. The Labute approximate surface area is 168 Å². The Kier molecular flexibility index (Phi) is 6.61. The maximum Gasteiger partial charge on any atom is 0.341 e. The molecule has 0 saturated carbocycles. The van der Waals surface area contributed by atoms with Crippen LogP contribution in [-0.2, 0) is 17.0 Å². The van der Waals surface area contributed by atoms with Crippen molar-refractivity contribution in [2.24, 2.45) is 0 Å². The minimum atomic E-state index is -0.993. The lowest BCUT2D eigenvalue weighted by Gasteiger charge is -2.10. The molecule has 3 rings (SSSR count). The summed E-state index contributed by atoms with van der Waals surface area (Å²) in [6.07, 6.45) is 0.779. The van der Waals surface area contributed by atoms with E-state index >= 15 is 0 Å². The van der Waals surface area contributed by atoms with Crippen molar-refractivity contribution in [2.75, 3.05) is 6.61 Å². The summed E-state index contributed by atoms with van der Waals surface area (Å²) in [5.41, 5.74) is 4.24. The van der Waals surface area contributed by atoms with Gasteiger partial charge in [0.25, 0.3) is 0 Å². The Morgan fingerprint density at radius 2 is 1.71 bits per heavy atom. The highest BCUT2D eigenvalue weighted by Crippen LogP contribution is 2.29. The van der Waals surface area contributed by atoms with Crippen molar-refractivity contribution in [2.45, 2.75) is 24.0 Å². The molecule has 0 saturated heterocycles. The van der Waals surface area contributed by atoms with E-state index in [1.165, 1.54) is 5.56 Å². The molecule has 0 heterocycles. The van der Waals surface area contributed by atoms with Crippen LogP contribution >= 0.6 is 11.8 Å². The lowest BCUT2D eigenvalue weighted by Crippen LogP contribution is -2.09. The van der Waals surface area contributed by atoms with Gasteiger partial charge in [-0.15, -0.1) is 11.8 Å². The van der Waals surface area contributed by atoms with E-state index in [9.17, 15) is 9.90 Å². The van der Waals surface area contributed by atoms with Crippen molar-refractivity contribution in [3.63, 3.8) is 0 Å². The monoisotopic (exact) mass is 394 g/mol. The summed E-state index contributed by atoms with van der Waals surface area (Å²) in [4.78, 5) is 11.7. The Hall–Kier alpha value is -2.92. The molecule has 0 bridgehead atoms. The number of carboxylic acids is 1. The van der Waals surface area contributed by atoms with Gasteiger partial charge >= 0.3 is 5.97 Å². The second-order valence-electron chi connectivity index (χ2n) is 6.57. The minimum Gasteiger partial charge on any atom is -0.508 e. The van der Waals surface area contributed by atoms with Crippen LogP contribution in [0.1, 0.15) is 22.3 Å². The number of rotatable bonds is 8. The fraction of sp³-hybridized carbons (Fsp3) is 0.174. The summed E-state index contributed by atoms with van der Waals surface area (Å²) in [6, 6.07) is 21.6. The maximum absolute atomic E-state index is 10.6. The van der Waals surface area contributed by atoms with E-state index in [4.69, 9.17) is 9.84 Å². The third-order valence-corrected chi connectivity index (χ3v) is 5.26. The number of thioether (sulfide) groups is 1. The highest BCUT2D eigenvalue weighted by molar-refractivity contribution is 7.98. The molecule has 144 valence electrons. The van der Waals surface area contributed by atoms with Gasteiger partial charge in [0.05, 0.1) is 0 Å². The van der Waals surface area contributed by atoms with E-state index in [1.807, 2.05) is 37.3 Å². The number of carbonyl (C=O) groups is 1. The first kappa shape index (κ1) is 19.8. The number of carboxylic acid groups (broad SMARTS) is 1. The average Bonchev–Trinajstić information content (AvgIpc) is 2.66. The molecule has 0 aliphatic rings. The number of hydrogen-bond donors (Lipinski definition) is 2. The van der Waals surface area contributed by atoms with E-state index in [1.54, 1.807) is 30.0 Å². The predicted molar refractivity (Wildman–Crippen MR) is 111 cm³/mol. The summed E-state index contributed by atoms with van der Waals surface area (Å²) < 4.78 is 5.26. The molecule has 3 aromatic carbocycles. The number of aryl methyl sites for hydroxylation is 1. The van der Waals surface area contributed by atoms with Gasteiger partial charge in [-0.05, 0) is 65.9 Å². The molecule has 0 aliphatic carbocycles. The van der Waals surface area contributed by atoms with E-state index in [0.717, 1.165) is 33.8 Å². The largest absolute Gasteiger partial charge is 0.508 e. The molecule has 0 spiro atoms. The number of phenols is 1. The van der Waals surface area contributed by atoms with Gasteiger partial charge in [0.1, 0.15) is 11.5 Å². The van der Waals surface area contributed by atoms with Gasteiger partial charge in [-0.25, -0.2) is 4.79 Å². The highest BCUT2D eigenvalue weighted by Gasteiger charge is 2.06. The van der Waals surface area contributed by atoms with Crippen LogP contribution in [0.2, 0.25) is 0 Å². The third-order valence-electron chi connectivity index (χ3n) is 4.19. The number of ether oxygens (including phenoxy) is 1. The normalized spacial score (nSPS) is 10.6. The van der Waals surface area contributed by atoms with Crippen molar-refractivity contribution in [3.8, 4) is 11.5 Å². The van der Waals surface area contributed by atoms with Crippen molar-refractivity contribution >= 4 is 17.7 Å². The molecule has 0 radical (unpaired) electrons. The fourth-order valence-corrected chi connectivity index (χ4v) is 3.86. The topological polar surface area (TPSA) is 66.8 Å². The van der Waals surface area contributed by atoms with Crippen LogP contribution in [0.4, 0.5) is 0 Å². The lowest BCUT2D eigenvalue weighted by molar-refractivity contribution is -0.139. The molecule has 0 aromatic heterocycles. The number of hydrogen-bond acceptors (Lipinski definition) is 4. The standard InChI is InChI=1S/C23H22O4S/c1-16-9-21(7-8-22(16)27-14-23(25)26)28-15-19-11-18(12-20(24)13-19)10-17-5-3-2-4-6-17/h2-9,11-13,24H,10,14-15H2,1H3,(H,25,26). The fourth-order valence-electron chi connectivity index (χ4n) is 2.94. The Morgan fingerprint density at radius 3 is 2.43 bits per heavy atom. The smallest absolute Gasteiger partial charge is 0.341 e. The van der Waals surface area contributed by atoms with Gasteiger partial charge in [0.2, 0.25) is 0 Å². The molecular formula is C23H22O4S. The zero-order valence-electron chi connectivity index (χ0n) is 15.6. The van der Waals surface area contributed by atoms with Gasteiger partial charge in [0.15, 0.2) is 6.61 Å². The number of phenolic OH excluding ortho intramolecular Hbond substituents is 1. The molecule has 0 fully saturated rings. The lowest BCUT2D eigenvalue weighted by atomic mass is 10.0. The number of benzene rings is 3. The first-order valence-electron chi connectivity index (χ1n) is 8.93. The van der Waals surface area contributed by atoms with Gasteiger partial charge in [-0.3, -0.25) is 0 Å². The summed E-state index contributed by atoms with van der Waals surface area (Å²) in [5.74, 6) is 0.588. The molecule has 5 heteroatoms. The summed E-state index contributed by atoms with van der Waals surface area (Å²) in [7, 11) is 0. The number of aromatic hydroxyl groups is 1. The molecule has 4 nitrogen and oxygen atoms in total. The van der Waals surface area contributed by atoms with Crippen molar-refractivity contribution < 1.29 is 19.7 Å². The minimum absolute atomic E-state index is 0.276. The van der Waals surface area contributed by atoms with Gasteiger partial charge in [-0.1, -0.05) is 36.4 Å². The molecule has 0 unspecified atom stereocenters. The SMILES string of the molecule is Cc1cc(SCc2cc(O)cc(Cc3ccccc3)c2)ccc1OCC(=O)O. The van der Waals surface area contributed by atoms with Gasteiger partial charge in [-0.2, -0.15) is 0 Å². The van der Waals surface area contributed by atoms with E-state index in [0.29, 0.717) is 5.75 Å². The van der Waals surface area contributed by atoms with E-state index in [2.05, 4.69) is 18.2 Å². The quantitative estimate of drug-likeness (QED) is 0.524. The molecule has 0 atom stereocenters. The van der Waals surface area contributed by atoms with Gasteiger partial charge in [0, 0.05) is 10.6 Å². The summed E-state index contributed by atoms with van der Waals surface area (Å²) >= 11 is 1.66. The summed E-state index contributed by atoms with van der Waals surface area (Å²) in [6.45, 7) is 1.55. The van der Waals surface area contributed by atoms with Crippen LogP contribution in [0.5, 0.6) is 11.5 Å². The average molecular weight is 394 g/mol. The van der Waals surface area contributed by atoms with Crippen LogP contribution < -0.4 is 4.74 Å². The van der Waals surface area contributed by atoms with Crippen LogP contribution in [0, 0.1) is 6.92 Å². The van der Waals surface area contributed by atoms with Crippen LogP contribution in [0.3, 0.4) is 0 Å². The maximum atomic E-state index is 10.6. The first-order valence-corrected chi connectivity index (χ1v) is 9.92. The van der Waals surface area contributed by atoms with Crippen molar-refractivity contribution in [1.82, 2.24) is 0 Å². The third kappa shape index (κ3) is 5.79. The Bertz CT molecular complexity index is 954. The van der Waals surface area contributed by atoms with Crippen molar-refractivity contribution in [3.05, 3.63) is 89.0 Å². The summed E-state index contributed by atoms with van der Waals surface area (Å²) in [5, 5.41) is 18.8. The Morgan fingerprint density at radius 1 is 0.964 bits per heavy atom. The molecule has 28 heavy (non-hydrogen) atoms. The van der Waals surface area contributed by atoms with Crippen molar-refractivity contribution in [1.29, 1.82) is 0 Å². The second-order valence-corrected chi connectivity index (χ2v) is 7.62. The van der Waals surface area contributed by atoms with E-state index < -0.39 is 5.97 Å². The molecule has 0 aliphatic heterocycles. The van der Waals surface area contributed by atoms with Crippen LogP contribution in [-0.4, -0.2) is 22.8 Å². The first-order chi connectivity index (χ1) is 13.5. The predicted octanol–water partition coefficient (Wildman–Crippen LogP) is 5.05. The molecular weight excluding hydrogens is 372 g/mol. The molecule has 2 N–H and O–H groups in total. The highest BCUT2D eigenvalue weighted by atomic mass is 32.2. The Balaban J connectivity index is 1.65. The van der Waals surface area contributed by atoms with E-state index in [-0.39, 0.29) is 12.4 Å². The second kappa shape index (κ2) is 9.33. The molecule has 0 amide bonds. The zero-order chi connectivity index (χ0) is 19.9. The van der Waals surface area contributed by atoms with Crippen LogP contribution in [0.25, 0.3) is 0 Å². The van der Waals surface area contributed by atoms with Gasteiger partial charge < -0.3 is 14.9 Å². The van der Waals surface area contributed by atoms with Crippen LogP contribution in [0.15, 0.2) is 71.6 Å². The number of aliphatic carboxylic acids is 1. The zero-order valence-corrected chi connectivity index (χ0v) is 16.4.